The van der Waals surface area contributed by atoms with Gasteiger partial charge in [-0.3, -0.25) is 0 Å². The molecule has 0 rings (SSSR count). The molecule has 0 fully saturated rings. The molecule has 0 radical (unpaired) electrons. The maximum absolute atomic E-state index is 9.60. The molecular formula is C8H14MgO4Zn. The summed E-state index contributed by atoms with van der Waals surface area (Å²) in [6.45, 7) is 9.20. The van der Waals surface area contributed by atoms with Gasteiger partial charge in [-0.05, 0) is 13.8 Å². The van der Waals surface area contributed by atoms with E-state index in [1.54, 1.807) is 0 Å². The second-order valence-electron chi connectivity index (χ2n) is 2.17. The molecule has 0 bridgehead atoms. The first-order chi connectivity index (χ1) is 5.29. The zero-order valence-corrected chi connectivity index (χ0v) is 10.8. The average Bonchev–Trinajstić information content (AvgIpc) is 1.88. The number of hydrogen-bond acceptors (Lipinski definition) is 2. The van der Waals surface area contributed by atoms with Gasteiger partial charge in [-0.1, -0.05) is 13.2 Å². The molecule has 0 atom stereocenters. The largest absolute Gasteiger partial charge is 0.478 e. The van der Waals surface area contributed by atoms with Crippen LogP contribution < -0.4 is 0 Å². The summed E-state index contributed by atoms with van der Waals surface area (Å²) in [7, 11) is 0. The predicted molar refractivity (Wildman–Crippen MR) is 53.4 cm³/mol. The van der Waals surface area contributed by atoms with Gasteiger partial charge in [0.2, 0.25) is 0 Å². The van der Waals surface area contributed by atoms with Crippen molar-refractivity contribution in [1.82, 2.24) is 0 Å². The van der Waals surface area contributed by atoms with E-state index < -0.39 is 11.9 Å². The minimum absolute atomic E-state index is 0. The van der Waals surface area contributed by atoms with Crippen molar-refractivity contribution in [3.05, 3.63) is 24.3 Å². The zero-order valence-electron chi connectivity index (χ0n) is 7.83. The van der Waals surface area contributed by atoms with Crippen molar-refractivity contribution < 1.29 is 39.3 Å². The van der Waals surface area contributed by atoms with Gasteiger partial charge in [0, 0.05) is 30.6 Å². The number of aliphatic carboxylic acids is 2. The molecule has 2 N–H and O–H groups in total. The van der Waals surface area contributed by atoms with Crippen LogP contribution in [0.2, 0.25) is 0 Å². The van der Waals surface area contributed by atoms with E-state index in [1.165, 1.54) is 13.8 Å². The van der Waals surface area contributed by atoms with E-state index in [9.17, 15) is 9.59 Å². The van der Waals surface area contributed by atoms with Gasteiger partial charge in [-0.25, -0.2) is 9.59 Å². The van der Waals surface area contributed by atoms with Crippen molar-refractivity contribution >= 4 is 35.0 Å². The summed E-state index contributed by atoms with van der Waals surface area (Å²) in [5.41, 5.74) is 0.352. The molecule has 0 amide bonds. The zero-order chi connectivity index (χ0) is 10.3. The van der Waals surface area contributed by atoms with Gasteiger partial charge >= 0.3 is 35.0 Å². The van der Waals surface area contributed by atoms with Crippen LogP contribution in [0.3, 0.4) is 0 Å². The van der Waals surface area contributed by atoms with Gasteiger partial charge < -0.3 is 10.2 Å². The second-order valence-corrected chi connectivity index (χ2v) is 2.17. The summed E-state index contributed by atoms with van der Waals surface area (Å²) >= 11 is 0. The Labute approximate surface area is 112 Å². The number of carboxylic acid groups (broad SMARTS) is 2. The SMILES string of the molecule is C=C(C)C(=O)O.C=C(C)C(=O)O.[MgH2].[Zn]. The number of hydrogen-bond donors (Lipinski definition) is 2. The molecule has 0 saturated heterocycles. The third kappa shape index (κ3) is 22.6. The molecule has 0 aromatic carbocycles. The Balaban J connectivity index is -0.0000000625. The Morgan fingerprint density at radius 1 is 0.929 bits per heavy atom. The molecule has 0 unspecified atom stereocenters. The molecule has 74 valence electrons. The topological polar surface area (TPSA) is 74.6 Å². The first-order valence-corrected chi connectivity index (χ1v) is 3.06. The van der Waals surface area contributed by atoms with Crippen molar-refractivity contribution in [3.63, 3.8) is 0 Å². The Morgan fingerprint density at radius 3 is 1.00 bits per heavy atom. The molecule has 0 aliphatic carbocycles. The molecule has 0 spiro atoms. The Bertz CT molecular complexity index is 177. The van der Waals surface area contributed by atoms with Gasteiger partial charge in [0.15, 0.2) is 0 Å². The van der Waals surface area contributed by atoms with Crippen LogP contribution in [-0.4, -0.2) is 45.2 Å². The molecule has 0 aliphatic rings. The van der Waals surface area contributed by atoms with E-state index in [-0.39, 0.29) is 53.7 Å². The summed E-state index contributed by atoms with van der Waals surface area (Å²) in [6, 6.07) is 0. The monoisotopic (exact) mass is 262 g/mol. The maximum Gasteiger partial charge on any atom is 0.330 e. The van der Waals surface area contributed by atoms with Gasteiger partial charge in [0.1, 0.15) is 0 Å². The van der Waals surface area contributed by atoms with E-state index in [2.05, 4.69) is 13.2 Å². The predicted octanol–water partition coefficient (Wildman–Crippen LogP) is 0.376. The van der Waals surface area contributed by atoms with E-state index in [4.69, 9.17) is 10.2 Å². The van der Waals surface area contributed by atoms with Crippen molar-refractivity contribution in [2.75, 3.05) is 0 Å². The fourth-order valence-corrected chi connectivity index (χ4v) is 0. The van der Waals surface area contributed by atoms with Crippen LogP contribution in [0, 0.1) is 0 Å². The van der Waals surface area contributed by atoms with Gasteiger partial charge in [0.05, 0.1) is 0 Å². The molecule has 14 heavy (non-hydrogen) atoms. The second kappa shape index (κ2) is 12.8. The number of carbonyl (C=O) groups is 2. The average molecular weight is 264 g/mol. The number of rotatable bonds is 2. The van der Waals surface area contributed by atoms with E-state index >= 15 is 0 Å². The van der Waals surface area contributed by atoms with Crippen LogP contribution in [0.4, 0.5) is 0 Å². The fourth-order valence-electron chi connectivity index (χ4n) is 0. The van der Waals surface area contributed by atoms with Crippen LogP contribution >= 0.6 is 0 Å². The Morgan fingerprint density at radius 2 is 1.00 bits per heavy atom. The summed E-state index contributed by atoms with van der Waals surface area (Å²) < 4.78 is 0. The molecule has 6 heteroatoms. The minimum Gasteiger partial charge on any atom is -0.478 e. The molecule has 0 saturated carbocycles. The van der Waals surface area contributed by atoms with Crippen molar-refractivity contribution in [2.24, 2.45) is 0 Å². The third-order valence-corrected chi connectivity index (χ3v) is 0.730. The third-order valence-electron chi connectivity index (χ3n) is 0.730. The van der Waals surface area contributed by atoms with Gasteiger partial charge in [-0.15, -0.1) is 0 Å². The van der Waals surface area contributed by atoms with E-state index in [0.29, 0.717) is 0 Å². The molecule has 0 aromatic rings. The van der Waals surface area contributed by atoms with Crippen molar-refractivity contribution in [3.8, 4) is 0 Å². The van der Waals surface area contributed by atoms with Crippen LogP contribution in [0.25, 0.3) is 0 Å². The van der Waals surface area contributed by atoms with Crippen LogP contribution in [0.1, 0.15) is 13.8 Å². The number of carboxylic acids is 2. The summed E-state index contributed by atoms with van der Waals surface area (Å²) in [4.78, 5) is 19.2. The fraction of sp³-hybridized carbons (Fsp3) is 0.250. The van der Waals surface area contributed by atoms with Crippen LogP contribution in [0.5, 0.6) is 0 Å². The van der Waals surface area contributed by atoms with E-state index in [1.807, 2.05) is 0 Å². The molecule has 4 nitrogen and oxygen atoms in total. The summed E-state index contributed by atoms with van der Waals surface area (Å²) in [5.74, 6) is -1.87. The summed E-state index contributed by atoms with van der Waals surface area (Å²) in [5, 5.41) is 15.8. The first kappa shape index (κ1) is 23.5. The van der Waals surface area contributed by atoms with Gasteiger partial charge in [0.25, 0.3) is 0 Å². The molecule has 0 aromatic heterocycles. The van der Waals surface area contributed by atoms with E-state index in [0.717, 1.165) is 0 Å². The molecule has 0 heterocycles. The Hall–Kier alpha value is -0.190. The molecule has 0 aliphatic heterocycles. The van der Waals surface area contributed by atoms with Crippen molar-refractivity contribution in [2.45, 2.75) is 13.8 Å². The minimum atomic E-state index is -0.935. The smallest absolute Gasteiger partial charge is 0.330 e. The van der Waals surface area contributed by atoms with Crippen LogP contribution in [-0.2, 0) is 29.1 Å². The van der Waals surface area contributed by atoms with Crippen LogP contribution in [0.15, 0.2) is 24.3 Å². The first-order valence-electron chi connectivity index (χ1n) is 3.06. The Kier molecular flexibility index (Phi) is 21.5. The normalized spacial score (nSPS) is 6.43. The standard InChI is InChI=1S/2C4H6O2.Mg.Zn.2H/c2*1-3(2)4(5)6;;;;/h2*1H2,2H3,(H,5,6);;;;. The summed E-state index contributed by atoms with van der Waals surface area (Å²) in [6.07, 6.45) is 0. The molecular weight excluding hydrogens is 250 g/mol. The van der Waals surface area contributed by atoms with Gasteiger partial charge in [-0.2, -0.15) is 0 Å². The maximum atomic E-state index is 9.60. The quantitative estimate of drug-likeness (QED) is 0.558. The van der Waals surface area contributed by atoms with Crippen molar-refractivity contribution in [1.29, 1.82) is 0 Å².